The van der Waals surface area contributed by atoms with E-state index in [2.05, 4.69) is 5.32 Å². The largest absolute Gasteiger partial charge is 0.495 e. The lowest BCUT2D eigenvalue weighted by atomic mass is 10.1. The Morgan fingerprint density at radius 1 is 1.08 bits per heavy atom. The van der Waals surface area contributed by atoms with Crippen LogP contribution >= 0.6 is 11.6 Å². The molecule has 0 aliphatic carbocycles. The van der Waals surface area contributed by atoms with E-state index in [9.17, 15) is 4.79 Å². The summed E-state index contributed by atoms with van der Waals surface area (Å²) in [6.07, 6.45) is 0. The average Bonchev–Trinajstić information content (AvgIpc) is 2.61. The van der Waals surface area contributed by atoms with Crippen LogP contribution in [0.5, 0.6) is 17.2 Å². The smallest absolute Gasteiger partial charge is 0.279 e. The van der Waals surface area contributed by atoms with Crippen molar-refractivity contribution in [1.82, 2.24) is 0 Å². The summed E-state index contributed by atoms with van der Waals surface area (Å²) in [6, 6.07) is 10.8. The molecule has 0 aromatic heterocycles. The van der Waals surface area contributed by atoms with Crippen LogP contribution in [0.1, 0.15) is 5.56 Å². The number of hydrogen-bond donors (Lipinski definition) is 2. The van der Waals surface area contributed by atoms with E-state index in [-0.39, 0.29) is 12.5 Å². The second-order valence-electron chi connectivity index (χ2n) is 5.86. The third-order valence-electron chi connectivity index (χ3n) is 3.87. The summed E-state index contributed by atoms with van der Waals surface area (Å²) in [5.74, 6) is 1.79. The Kier molecular flexibility index (Phi) is 7.12. The van der Waals surface area contributed by atoms with Crippen LogP contribution < -0.4 is 24.4 Å². The summed E-state index contributed by atoms with van der Waals surface area (Å²) in [5.41, 5.74) is 1.52. The SMILES string of the molecule is COc1ccc(Cl)cc1NC(=O)C[NH+](C)Cc1cccc(OC)c1OC. The van der Waals surface area contributed by atoms with Gasteiger partial charge in [0.25, 0.3) is 5.91 Å². The minimum atomic E-state index is -0.134. The molecule has 6 nitrogen and oxygen atoms in total. The number of hydrogen-bond acceptors (Lipinski definition) is 4. The minimum absolute atomic E-state index is 0.134. The zero-order valence-electron chi connectivity index (χ0n) is 15.4. The van der Waals surface area contributed by atoms with E-state index in [1.54, 1.807) is 39.5 Å². The van der Waals surface area contributed by atoms with Crippen molar-refractivity contribution in [2.24, 2.45) is 0 Å². The van der Waals surface area contributed by atoms with Crippen LogP contribution in [0.25, 0.3) is 0 Å². The summed E-state index contributed by atoms with van der Waals surface area (Å²) < 4.78 is 16.0. The molecule has 2 rings (SSSR count). The van der Waals surface area contributed by atoms with Crippen molar-refractivity contribution in [3.8, 4) is 17.2 Å². The molecule has 0 saturated heterocycles. The molecular weight excluding hydrogens is 356 g/mol. The zero-order valence-corrected chi connectivity index (χ0v) is 16.1. The first-order valence-electron chi connectivity index (χ1n) is 8.13. The first-order chi connectivity index (χ1) is 12.5. The van der Waals surface area contributed by atoms with Crippen LogP contribution in [0, 0.1) is 0 Å². The number of nitrogens with one attached hydrogen (secondary N) is 2. The van der Waals surface area contributed by atoms with Crippen LogP contribution in [-0.2, 0) is 11.3 Å². The van der Waals surface area contributed by atoms with Gasteiger partial charge in [0.1, 0.15) is 12.3 Å². The highest BCUT2D eigenvalue weighted by Gasteiger charge is 2.17. The molecule has 2 aromatic rings. The second kappa shape index (κ2) is 9.31. The Morgan fingerprint density at radius 3 is 2.46 bits per heavy atom. The Hall–Kier alpha value is -2.44. The summed E-state index contributed by atoms with van der Waals surface area (Å²) in [7, 11) is 6.69. The van der Waals surface area contributed by atoms with Crippen molar-refractivity contribution in [3.05, 3.63) is 47.0 Å². The van der Waals surface area contributed by atoms with Gasteiger partial charge in [0.15, 0.2) is 18.0 Å². The Balaban J connectivity index is 2.03. The molecule has 0 heterocycles. The topological polar surface area (TPSA) is 61.2 Å². The summed E-state index contributed by atoms with van der Waals surface area (Å²) in [4.78, 5) is 13.4. The van der Waals surface area contributed by atoms with Crippen molar-refractivity contribution >= 4 is 23.2 Å². The van der Waals surface area contributed by atoms with E-state index in [1.165, 1.54) is 0 Å². The highest BCUT2D eigenvalue weighted by molar-refractivity contribution is 6.31. The quantitative estimate of drug-likeness (QED) is 0.736. The van der Waals surface area contributed by atoms with E-state index in [4.69, 9.17) is 25.8 Å². The molecule has 0 aliphatic heterocycles. The number of anilines is 1. The van der Waals surface area contributed by atoms with Crippen LogP contribution in [0.3, 0.4) is 0 Å². The first kappa shape index (κ1) is 19.9. The lowest BCUT2D eigenvalue weighted by Crippen LogP contribution is -3.08. The average molecular weight is 380 g/mol. The van der Waals surface area contributed by atoms with Gasteiger partial charge in [-0.25, -0.2) is 0 Å². The van der Waals surface area contributed by atoms with E-state index in [0.29, 0.717) is 34.5 Å². The zero-order chi connectivity index (χ0) is 19.1. The minimum Gasteiger partial charge on any atom is -0.495 e. The standard InChI is InChI=1S/C19H23ClN2O4/c1-22(11-13-6-5-7-17(25-3)19(13)26-4)12-18(23)21-15-10-14(20)8-9-16(15)24-2/h5-10H,11-12H2,1-4H3,(H,21,23)/p+1. The number of ether oxygens (including phenoxy) is 3. The fraction of sp³-hybridized carbons (Fsp3) is 0.316. The van der Waals surface area contributed by atoms with Crippen molar-refractivity contribution in [1.29, 1.82) is 0 Å². The number of rotatable bonds is 8. The van der Waals surface area contributed by atoms with Gasteiger partial charge in [-0.1, -0.05) is 17.7 Å². The lowest BCUT2D eigenvalue weighted by Gasteiger charge is -2.17. The molecule has 1 unspecified atom stereocenters. The number of quaternary nitrogens is 1. The maximum absolute atomic E-state index is 12.4. The van der Waals surface area contributed by atoms with Crippen LogP contribution in [0.2, 0.25) is 5.02 Å². The van der Waals surface area contributed by atoms with Crippen LogP contribution in [-0.4, -0.2) is 40.8 Å². The third kappa shape index (κ3) is 5.03. The monoisotopic (exact) mass is 379 g/mol. The molecule has 7 heteroatoms. The van der Waals surface area contributed by atoms with Crippen molar-refractivity contribution in [2.45, 2.75) is 6.54 Å². The molecule has 2 aromatic carbocycles. The van der Waals surface area contributed by atoms with Gasteiger partial charge in [-0.2, -0.15) is 0 Å². The van der Waals surface area contributed by atoms with Gasteiger partial charge in [-0.15, -0.1) is 0 Å². The molecule has 140 valence electrons. The number of amides is 1. The van der Waals surface area contributed by atoms with Crippen molar-refractivity contribution in [2.75, 3.05) is 40.2 Å². The fourth-order valence-electron chi connectivity index (χ4n) is 2.73. The lowest BCUT2D eigenvalue weighted by molar-refractivity contribution is -0.885. The maximum atomic E-state index is 12.4. The molecule has 26 heavy (non-hydrogen) atoms. The summed E-state index contributed by atoms with van der Waals surface area (Å²) >= 11 is 5.99. The highest BCUT2D eigenvalue weighted by atomic mass is 35.5. The third-order valence-corrected chi connectivity index (χ3v) is 4.11. The first-order valence-corrected chi connectivity index (χ1v) is 8.50. The number of para-hydroxylation sites is 1. The molecule has 1 amide bonds. The van der Waals surface area contributed by atoms with Gasteiger partial charge in [0.2, 0.25) is 0 Å². The van der Waals surface area contributed by atoms with Crippen molar-refractivity contribution < 1.29 is 23.9 Å². The van der Waals surface area contributed by atoms with E-state index in [0.717, 1.165) is 10.5 Å². The number of likely N-dealkylation sites (N-methyl/N-ethyl adjacent to an activating group) is 1. The molecule has 0 fully saturated rings. The van der Waals surface area contributed by atoms with Crippen LogP contribution in [0.4, 0.5) is 5.69 Å². The van der Waals surface area contributed by atoms with Gasteiger partial charge in [0, 0.05) is 5.02 Å². The van der Waals surface area contributed by atoms with E-state index < -0.39 is 0 Å². The normalized spacial score (nSPS) is 11.6. The molecule has 2 N–H and O–H groups in total. The molecule has 0 spiro atoms. The molecule has 0 bridgehead atoms. The number of halogens is 1. The van der Waals surface area contributed by atoms with Gasteiger partial charge in [0.05, 0.1) is 39.6 Å². The molecule has 0 aliphatic rings. The highest BCUT2D eigenvalue weighted by Crippen LogP contribution is 2.30. The van der Waals surface area contributed by atoms with Gasteiger partial charge >= 0.3 is 0 Å². The number of carbonyl (C=O) groups is 1. The van der Waals surface area contributed by atoms with Crippen molar-refractivity contribution in [3.63, 3.8) is 0 Å². The number of methoxy groups -OCH3 is 3. The molecule has 1 atom stereocenters. The van der Waals surface area contributed by atoms with E-state index >= 15 is 0 Å². The van der Waals surface area contributed by atoms with Gasteiger partial charge in [-0.05, 0) is 30.3 Å². The fourth-order valence-corrected chi connectivity index (χ4v) is 2.90. The maximum Gasteiger partial charge on any atom is 0.279 e. The Morgan fingerprint density at radius 2 is 1.81 bits per heavy atom. The number of carbonyl (C=O) groups excluding carboxylic acids is 1. The predicted octanol–water partition coefficient (Wildman–Crippen LogP) is 2.02. The van der Waals surface area contributed by atoms with E-state index in [1.807, 2.05) is 25.2 Å². The van der Waals surface area contributed by atoms with Gasteiger partial charge < -0.3 is 24.4 Å². The van der Waals surface area contributed by atoms with Crippen LogP contribution in [0.15, 0.2) is 36.4 Å². The summed E-state index contributed by atoms with van der Waals surface area (Å²) in [5, 5.41) is 3.38. The molecule has 0 radical (unpaired) electrons. The number of benzene rings is 2. The predicted molar refractivity (Wildman–Crippen MR) is 102 cm³/mol. The molecular formula is C19H24ClN2O4+. The van der Waals surface area contributed by atoms with Gasteiger partial charge in [-0.3, -0.25) is 4.79 Å². The summed E-state index contributed by atoms with van der Waals surface area (Å²) in [6.45, 7) is 0.885. The molecule has 0 saturated carbocycles. The second-order valence-corrected chi connectivity index (χ2v) is 6.29. The Bertz CT molecular complexity index is 767. The Labute approximate surface area is 158 Å².